The molecule has 16 heavy (non-hydrogen) atoms. The summed E-state index contributed by atoms with van der Waals surface area (Å²) in [6.45, 7) is 4.72. The van der Waals surface area contributed by atoms with Crippen LogP contribution >= 0.6 is 0 Å². The summed E-state index contributed by atoms with van der Waals surface area (Å²) >= 11 is 0. The number of likely N-dealkylation sites (tertiary alicyclic amines) is 1. The third-order valence-corrected chi connectivity index (χ3v) is 3.41. The lowest BCUT2D eigenvalue weighted by molar-refractivity contribution is -0.141. The van der Waals surface area contributed by atoms with Gasteiger partial charge in [0.2, 0.25) is 11.8 Å². The molecule has 2 aliphatic heterocycles. The van der Waals surface area contributed by atoms with Crippen molar-refractivity contribution in [3.63, 3.8) is 0 Å². The Bertz CT molecular complexity index is 322. The van der Waals surface area contributed by atoms with Crippen LogP contribution < -0.4 is 11.1 Å². The van der Waals surface area contributed by atoms with Crippen LogP contribution in [0.1, 0.15) is 26.7 Å². The summed E-state index contributed by atoms with van der Waals surface area (Å²) in [5, 5.41) is 2.82. The predicted molar refractivity (Wildman–Crippen MR) is 59.5 cm³/mol. The number of hydrogen-bond donors (Lipinski definition) is 2. The predicted octanol–water partition coefficient (Wildman–Crippen LogP) is -0.539. The van der Waals surface area contributed by atoms with E-state index in [4.69, 9.17) is 5.73 Å². The smallest absolute Gasteiger partial charge is 0.242 e. The van der Waals surface area contributed by atoms with Crippen molar-refractivity contribution < 1.29 is 9.59 Å². The highest BCUT2D eigenvalue weighted by Gasteiger charge is 2.44. The number of nitrogens with one attached hydrogen (secondary N) is 1. The number of amides is 2. The number of carbonyl (C=O) groups is 2. The summed E-state index contributed by atoms with van der Waals surface area (Å²) in [5.74, 6) is -0.00363. The molecule has 5 nitrogen and oxygen atoms in total. The topological polar surface area (TPSA) is 75.4 Å². The van der Waals surface area contributed by atoms with Crippen molar-refractivity contribution in [1.29, 1.82) is 0 Å². The number of nitrogens with two attached hydrogens (primary N) is 1. The maximum atomic E-state index is 12.1. The molecule has 2 aliphatic rings. The standard InChI is InChI=1S/C11H19N3O2/c1-11(2,12)10(16)14-5-3-4-7-8(14)6-13-9(7)15/h7-8H,3-6,12H2,1-2H3,(H,13,15). The Hall–Kier alpha value is -1.10. The zero-order valence-electron chi connectivity index (χ0n) is 9.82. The van der Waals surface area contributed by atoms with E-state index in [1.165, 1.54) is 0 Å². The van der Waals surface area contributed by atoms with Crippen LogP contribution in [0.2, 0.25) is 0 Å². The van der Waals surface area contributed by atoms with E-state index in [-0.39, 0.29) is 23.8 Å². The fourth-order valence-corrected chi connectivity index (χ4v) is 2.57. The summed E-state index contributed by atoms with van der Waals surface area (Å²) < 4.78 is 0. The molecule has 2 rings (SSSR count). The van der Waals surface area contributed by atoms with Gasteiger partial charge in [-0.3, -0.25) is 9.59 Å². The largest absolute Gasteiger partial charge is 0.354 e. The van der Waals surface area contributed by atoms with E-state index in [0.29, 0.717) is 6.54 Å². The van der Waals surface area contributed by atoms with Crippen molar-refractivity contribution in [3.05, 3.63) is 0 Å². The second kappa shape index (κ2) is 3.73. The Morgan fingerprint density at radius 1 is 1.56 bits per heavy atom. The van der Waals surface area contributed by atoms with Crippen LogP contribution in [0.15, 0.2) is 0 Å². The molecule has 2 atom stereocenters. The zero-order chi connectivity index (χ0) is 11.9. The van der Waals surface area contributed by atoms with Crippen LogP contribution in [0, 0.1) is 5.92 Å². The maximum absolute atomic E-state index is 12.1. The number of piperidine rings is 1. The van der Waals surface area contributed by atoms with Crippen LogP contribution in [-0.2, 0) is 9.59 Å². The Balaban J connectivity index is 2.16. The van der Waals surface area contributed by atoms with Crippen molar-refractivity contribution in [1.82, 2.24) is 10.2 Å². The van der Waals surface area contributed by atoms with Gasteiger partial charge in [-0.25, -0.2) is 0 Å². The molecule has 0 spiro atoms. The number of fused-ring (bicyclic) bond motifs is 1. The average molecular weight is 225 g/mol. The number of rotatable bonds is 1. The van der Waals surface area contributed by atoms with E-state index < -0.39 is 5.54 Å². The van der Waals surface area contributed by atoms with Gasteiger partial charge in [-0.1, -0.05) is 0 Å². The van der Waals surface area contributed by atoms with Gasteiger partial charge in [0, 0.05) is 13.1 Å². The molecule has 0 aromatic rings. The van der Waals surface area contributed by atoms with Crippen LogP contribution in [0.5, 0.6) is 0 Å². The van der Waals surface area contributed by atoms with Gasteiger partial charge in [0.25, 0.3) is 0 Å². The Labute approximate surface area is 95.3 Å². The van der Waals surface area contributed by atoms with Gasteiger partial charge in [0.15, 0.2) is 0 Å². The molecule has 0 aromatic heterocycles. The molecule has 2 unspecified atom stereocenters. The molecule has 3 N–H and O–H groups in total. The number of hydrogen-bond acceptors (Lipinski definition) is 3. The quantitative estimate of drug-likeness (QED) is 0.629. The van der Waals surface area contributed by atoms with Crippen molar-refractivity contribution in [2.24, 2.45) is 11.7 Å². The summed E-state index contributed by atoms with van der Waals surface area (Å²) in [4.78, 5) is 25.5. The molecule has 2 amide bonds. The molecule has 0 radical (unpaired) electrons. The van der Waals surface area contributed by atoms with Crippen molar-refractivity contribution in [3.8, 4) is 0 Å². The van der Waals surface area contributed by atoms with E-state index >= 15 is 0 Å². The zero-order valence-corrected chi connectivity index (χ0v) is 9.82. The van der Waals surface area contributed by atoms with Gasteiger partial charge >= 0.3 is 0 Å². The Morgan fingerprint density at radius 2 is 2.25 bits per heavy atom. The second-order valence-corrected chi connectivity index (χ2v) is 5.28. The molecule has 90 valence electrons. The lowest BCUT2D eigenvalue weighted by Crippen LogP contribution is -2.58. The molecule has 2 fully saturated rings. The Kier molecular flexibility index (Phi) is 2.66. The minimum atomic E-state index is -0.854. The lowest BCUT2D eigenvalue weighted by atomic mass is 9.89. The monoisotopic (exact) mass is 225 g/mol. The van der Waals surface area contributed by atoms with Crippen LogP contribution in [-0.4, -0.2) is 41.4 Å². The normalized spacial score (nSPS) is 29.9. The van der Waals surface area contributed by atoms with Gasteiger partial charge < -0.3 is 16.0 Å². The summed E-state index contributed by atoms with van der Waals surface area (Å²) in [6.07, 6.45) is 1.77. The first-order valence-electron chi connectivity index (χ1n) is 5.79. The van der Waals surface area contributed by atoms with Gasteiger partial charge in [0.05, 0.1) is 17.5 Å². The van der Waals surface area contributed by atoms with Crippen LogP contribution in [0.3, 0.4) is 0 Å². The minimum absolute atomic E-state index is 0.0107. The molecule has 0 bridgehead atoms. The van der Waals surface area contributed by atoms with Crippen molar-refractivity contribution in [2.45, 2.75) is 38.3 Å². The average Bonchev–Trinajstić information content (AvgIpc) is 2.58. The summed E-state index contributed by atoms with van der Waals surface area (Å²) in [5.41, 5.74) is 4.98. The van der Waals surface area contributed by atoms with Crippen molar-refractivity contribution in [2.75, 3.05) is 13.1 Å². The highest BCUT2D eigenvalue weighted by molar-refractivity contribution is 5.88. The van der Waals surface area contributed by atoms with Gasteiger partial charge in [-0.15, -0.1) is 0 Å². The van der Waals surface area contributed by atoms with E-state index in [1.807, 2.05) is 0 Å². The van der Waals surface area contributed by atoms with E-state index in [0.717, 1.165) is 19.4 Å². The SMILES string of the molecule is CC(C)(N)C(=O)N1CCCC2C(=O)NCC21. The first-order chi connectivity index (χ1) is 7.41. The third-order valence-electron chi connectivity index (χ3n) is 3.41. The summed E-state index contributed by atoms with van der Waals surface area (Å²) in [6, 6.07) is 0.0107. The minimum Gasteiger partial charge on any atom is -0.354 e. The molecule has 2 saturated heterocycles. The first kappa shape index (κ1) is 11.4. The van der Waals surface area contributed by atoms with Gasteiger partial charge in [-0.2, -0.15) is 0 Å². The first-order valence-corrected chi connectivity index (χ1v) is 5.79. The van der Waals surface area contributed by atoms with E-state index in [1.54, 1.807) is 18.7 Å². The molecule has 0 saturated carbocycles. The van der Waals surface area contributed by atoms with Crippen LogP contribution in [0.4, 0.5) is 0 Å². The highest BCUT2D eigenvalue weighted by atomic mass is 16.2. The Morgan fingerprint density at radius 3 is 2.88 bits per heavy atom. The molecule has 0 aromatic carbocycles. The molecular formula is C11H19N3O2. The van der Waals surface area contributed by atoms with E-state index in [2.05, 4.69) is 5.32 Å². The molecule has 2 heterocycles. The number of nitrogens with zero attached hydrogens (tertiary/aromatic N) is 1. The van der Waals surface area contributed by atoms with Gasteiger partial charge in [-0.05, 0) is 26.7 Å². The summed E-state index contributed by atoms with van der Waals surface area (Å²) in [7, 11) is 0. The molecule has 5 heteroatoms. The second-order valence-electron chi connectivity index (χ2n) is 5.28. The third kappa shape index (κ3) is 1.80. The van der Waals surface area contributed by atoms with Crippen LogP contribution in [0.25, 0.3) is 0 Å². The fraction of sp³-hybridized carbons (Fsp3) is 0.818. The molecule has 0 aliphatic carbocycles. The van der Waals surface area contributed by atoms with E-state index in [9.17, 15) is 9.59 Å². The number of carbonyl (C=O) groups excluding carboxylic acids is 2. The fourth-order valence-electron chi connectivity index (χ4n) is 2.57. The van der Waals surface area contributed by atoms with Gasteiger partial charge in [0.1, 0.15) is 0 Å². The lowest BCUT2D eigenvalue weighted by Gasteiger charge is -2.39. The maximum Gasteiger partial charge on any atom is 0.242 e. The highest BCUT2D eigenvalue weighted by Crippen LogP contribution is 2.28. The van der Waals surface area contributed by atoms with Crippen molar-refractivity contribution >= 4 is 11.8 Å². The molecular weight excluding hydrogens is 206 g/mol.